The van der Waals surface area contributed by atoms with E-state index in [4.69, 9.17) is 0 Å². The van der Waals surface area contributed by atoms with E-state index < -0.39 is 0 Å². The van der Waals surface area contributed by atoms with Gasteiger partial charge in [0.25, 0.3) is 0 Å². The van der Waals surface area contributed by atoms with Crippen LogP contribution in [0.25, 0.3) is 0 Å². The number of alkyl halides is 1. The molecule has 9 unspecified atom stereocenters. The standard InChI is InChI=1S/C25H43I/c1-17-11-13-24(3)19(16-17)7-8-20-22-10-9-21(18(2)6-5-15-26)25(22,4)14-12-23(20)24/h17-23H,5-16H2,1-4H3. The average molecular weight is 471 g/mol. The molecule has 4 aliphatic rings. The molecule has 0 saturated heterocycles. The molecule has 0 N–H and O–H groups in total. The van der Waals surface area contributed by atoms with Crippen molar-refractivity contribution in [3.05, 3.63) is 0 Å². The number of halogens is 1. The Kier molecular flexibility index (Phi) is 5.79. The van der Waals surface area contributed by atoms with Crippen molar-refractivity contribution in [2.45, 2.75) is 98.3 Å². The summed E-state index contributed by atoms with van der Waals surface area (Å²) in [6.07, 6.45) is 16.9. The Morgan fingerprint density at radius 3 is 2.42 bits per heavy atom. The van der Waals surface area contributed by atoms with E-state index >= 15 is 0 Å². The van der Waals surface area contributed by atoms with Crippen LogP contribution < -0.4 is 0 Å². The van der Waals surface area contributed by atoms with E-state index in [1.165, 1.54) is 30.1 Å². The summed E-state index contributed by atoms with van der Waals surface area (Å²) in [6.45, 7) is 10.6. The summed E-state index contributed by atoms with van der Waals surface area (Å²) in [4.78, 5) is 0. The van der Waals surface area contributed by atoms with Gasteiger partial charge in [-0.3, -0.25) is 0 Å². The molecule has 0 aromatic carbocycles. The molecule has 0 heterocycles. The molecule has 0 radical (unpaired) electrons. The second kappa shape index (κ2) is 7.52. The molecule has 0 spiro atoms. The van der Waals surface area contributed by atoms with Crippen LogP contribution in [0, 0.1) is 52.3 Å². The molecule has 4 fully saturated rings. The Balaban J connectivity index is 1.52. The molecule has 0 aliphatic heterocycles. The number of rotatable bonds is 4. The molecule has 9 atom stereocenters. The molecular formula is C25H43I. The Bertz CT molecular complexity index is 500. The predicted molar refractivity (Wildman–Crippen MR) is 122 cm³/mol. The van der Waals surface area contributed by atoms with Crippen molar-refractivity contribution >= 4 is 22.6 Å². The fraction of sp³-hybridized carbons (Fsp3) is 1.00. The third kappa shape index (κ3) is 3.13. The van der Waals surface area contributed by atoms with Gasteiger partial charge in [-0.05, 0) is 121 Å². The van der Waals surface area contributed by atoms with Gasteiger partial charge in [-0.15, -0.1) is 0 Å². The maximum atomic E-state index is 2.74. The molecule has 0 aromatic rings. The average Bonchev–Trinajstić information content (AvgIpc) is 2.97. The van der Waals surface area contributed by atoms with Crippen molar-refractivity contribution in [2.75, 3.05) is 4.43 Å². The summed E-state index contributed by atoms with van der Waals surface area (Å²) >= 11 is 2.57. The van der Waals surface area contributed by atoms with E-state index in [1.807, 2.05) is 0 Å². The van der Waals surface area contributed by atoms with E-state index in [1.54, 1.807) is 44.9 Å². The van der Waals surface area contributed by atoms with E-state index in [-0.39, 0.29) is 0 Å². The lowest BCUT2D eigenvalue weighted by Crippen LogP contribution is -2.53. The first kappa shape index (κ1) is 20.0. The van der Waals surface area contributed by atoms with Crippen LogP contribution in [-0.2, 0) is 0 Å². The molecule has 0 bridgehead atoms. The number of hydrogen-bond donors (Lipinski definition) is 0. The molecule has 0 nitrogen and oxygen atoms in total. The van der Waals surface area contributed by atoms with Gasteiger partial charge in [0.05, 0.1) is 0 Å². The summed E-state index contributed by atoms with van der Waals surface area (Å²) < 4.78 is 1.35. The minimum Gasteiger partial charge on any atom is -0.0864 e. The highest BCUT2D eigenvalue weighted by molar-refractivity contribution is 14.1. The second-order valence-corrected chi connectivity index (χ2v) is 12.7. The SMILES string of the molecule is CC1CCC2(C)C(CCC3C2CCC2(C)C(C(C)CCCI)CCC32)C1. The Morgan fingerprint density at radius 2 is 1.65 bits per heavy atom. The first-order valence-corrected chi connectivity index (χ1v) is 13.5. The topological polar surface area (TPSA) is 0 Å². The summed E-state index contributed by atoms with van der Waals surface area (Å²) in [5.41, 5.74) is 1.37. The van der Waals surface area contributed by atoms with Crippen LogP contribution in [-0.4, -0.2) is 4.43 Å². The lowest BCUT2D eigenvalue weighted by Gasteiger charge is -2.61. The summed E-state index contributed by atoms with van der Waals surface area (Å²) in [6, 6.07) is 0. The van der Waals surface area contributed by atoms with Gasteiger partial charge in [0, 0.05) is 0 Å². The third-order valence-electron chi connectivity index (χ3n) is 10.5. The first-order valence-electron chi connectivity index (χ1n) is 12.0. The van der Waals surface area contributed by atoms with E-state index in [0.29, 0.717) is 10.8 Å². The van der Waals surface area contributed by atoms with Crippen LogP contribution in [0.4, 0.5) is 0 Å². The molecule has 4 saturated carbocycles. The summed E-state index contributed by atoms with van der Waals surface area (Å²) in [7, 11) is 0. The minimum absolute atomic E-state index is 0.678. The molecular weight excluding hydrogens is 427 g/mol. The largest absolute Gasteiger partial charge is 0.0864 e. The molecule has 4 aliphatic carbocycles. The van der Waals surface area contributed by atoms with Crippen LogP contribution in [0.1, 0.15) is 98.3 Å². The van der Waals surface area contributed by atoms with Gasteiger partial charge < -0.3 is 0 Å². The van der Waals surface area contributed by atoms with Crippen molar-refractivity contribution in [2.24, 2.45) is 52.3 Å². The highest BCUT2D eigenvalue weighted by Gasteiger charge is 2.60. The molecule has 150 valence electrons. The van der Waals surface area contributed by atoms with Crippen LogP contribution >= 0.6 is 22.6 Å². The fourth-order valence-electron chi connectivity index (χ4n) is 9.05. The van der Waals surface area contributed by atoms with Gasteiger partial charge in [0.1, 0.15) is 0 Å². The summed E-state index contributed by atoms with van der Waals surface area (Å²) in [5.74, 6) is 7.22. The molecule has 1 heteroatoms. The Morgan fingerprint density at radius 1 is 0.923 bits per heavy atom. The highest BCUT2D eigenvalue weighted by atomic mass is 127. The van der Waals surface area contributed by atoms with Gasteiger partial charge in [0.15, 0.2) is 0 Å². The van der Waals surface area contributed by atoms with Gasteiger partial charge in [-0.2, -0.15) is 0 Å². The highest BCUT2D eigenvalue weighted by Crippen LogP contribution is 2.68. The van der Waals surface area contributed by atoms with Crippen molar-refractivity contribution in [1.82, 2.24) is 0 Å². The van der Waals surface area contributed by atoms with Crippen molar-refractivity contribution in [3.8, 4) is 0 Å². The van der Waals surface area contributed by atoms with E-state index in [0.717, 1.165) is 41.4 Å². The molecule has 0 aromatic heterocycles. The van der Waals surface area contributed by atoms with Gasteiger partial charge in [-0.1, -0.05) is 56.7 Å². The van der Waals surface area contributed by atoms with Gasteiger partial charge in [-0.25, -0.2) is 0 Å². The zero-order valence-electron chi connectivity index (χ0n) is 17.9. The Labute approximate surface area is 177 Å². The normalized spacial score (nSPS) is 52.0. The first-order chi connectivity index (χ1) is 12.4. The third-order valence-corrected chi connectivity index (χ3v) is 11.2. The fourth-order valence-corrected chi connectivity index (χ4v) is 9.49. The van der Waals surface area contributed by atoms with Crippen LogP contribution in [0.15, 0.2) is 0 Å². The maximum absolute atomic E-state index is 2.74. The lowest BCUT2D eigenvalue weighted by atomic mass is 9.44. The monoisotopic (exact) mass is 470 g/mol. The van der Waals surface area contributed by atoms with Crippen molar-refractivity contribution in [1.29, 1.82) is 0 Å². The second-order valence-electron chi connectivity index (χ2n) is 11.6. The number of hydrogen-bond acceptors (Lipinski definition) is 0. The predicted octanol–water partition coefficient (Wildman–Crippen LogP) is 8.13. The van der Waals surface area contributed by atoms with Crippen molar-refractivity contribution < 1.29 is 0 Å². The molecule has 4 rings (SSSR count). The van der Waals surface area contributed by atoms with Crippen LogP contribution in [0.3, 0.4) is 0 Å². The van der Waals surface area contributed by atoms with Crippen LogP contribution in [0.2, 0.25) is 0 Å². The van der Waals surface area contributed by atoms with E-state index in [9.17, 15) is 0 Å². The van der Waals surface area contributed by atoms with Crippen LogP contribution in [0.5, 0.6) is 0 Å². The van der Waals surface area contributed by atoms with E-state index in [2.05, 4.69) is 50.3 Å². The zero-order chi connectivity index (χ0) is 18.5. The lowest BCUT2D eigenvalue weighted by molar-refractivity contribution is -0.120. The van der Waals surface area contributed by atoms with Crippen molar-refractivity contribution in [3.63, 3.8) is 0 Å². The quantitative estimate of drug-likeness (QED) is 0.287. The smallest absolute Gasteiger partial charge is 0.000463 e. The Hall–Kier alpha value is 0.730. The maximum Gasteiger partial charge on any atom is -0.000463 e. The number of fused-ring (bicyclic) bond motifs is 5. The zero-order valence-corrected chi connectivity index (χ0v) is 20.1. The van der Waals surface area contributed by atoms with Gasteiger partial charge in [0.2, 0.25) is 0 Å². The molecule has 26 heavy (non-hydrogen) atoms. The van der Waals surface area contributed by atoms with Gasteiger partial charge >= 0.3 is 0 Å². The molecule has 0 amide bonds. The summed E-state index contributed by atoms with van der Waals surface area (Å²) in [5, 5.41) is 0. The minimum atomic E-state index is 0.678.